The standard InChI is InChI=1S/C19H20N6O3/c1-2-28-15-3-4-16(21-11-15)18-24-23-17(12-9-13(10-12)22-19(26)27)25(18)14-5-7-20-8-6-14/h3-8,11-13,22H,2,9-10H2,1H3,(H,26,27). The Morgan fingerprint density at radius 3 is 2.68 bits per heavy atom. The van der Waals surface area contributed by atoms with Gasteiger partial charge in [-0.15, -0.1) is 10.2 Å². The summed E-state index contributed by atoms with van der Waals surface area (Å²) in [6.07, 6.45) is 5.46. The third kappa shape index (κ3) is 3.51. The van der Waals surface area contributed by atoms with Crippen LogP contribution < -0.4 is 10.1 Å². The van der Waals surface area contributed by atoms with Crippen LogP contribution in [0.25, 0.3) is 17.2 Å². The van der Waals surface area contributed by atoms with E-state index < -0.39 is 6.09 Å². The van der Waals surface area contributed by atoms with Gasteiger partial charge in [-0.05, 0) is 44.0 Å². The van der Waals surface area contributed by atoms with Crippen molar-refractivity contribution < 1.29 is 14.6 Å². The Balaban J connectivity index is 1.68. The van der Waals surface area contributed by atoms with E-state index in [1.54, 1.807) is 18.6 Å². The van der Waals surface area contributed by atoms with Crippen molar-refractivity contribution in [2.75, 3.05) is 6.61 Å². The maximum atomic E-state index is 10.8. The summed E-state index contributed by atoms with van der Waals surface area (Å²) in [6, 6.07) is 7.42. The summed E-state index contributed by atoms with van der Waals surface area (Å²) in [5.41, 5.74) is 1.56. The first-order valence-corrected chi connectivity index (χ1v) is 9.10. The van der Waals surface area contributed by atoms with Gasteiger partial charge >= 0.3 is 6.09 Å². The van der Waals surface area contributed by atoms with Crippen LogP contribution in [0.5, 0.6) is 5.75 Å². The molecule has 9 nitrogen and oxygen atoms in total. The van der Waals surface area contributed by atoms with Gasteiger partial charge in [-0.25, -0.2) is 9.78 Å². The number of hydrogen-bond donors (Lipinski definition) is 2. The molecule has 0 atom stereocenters. The minimum absolute atomic E-state index is 0.0582. The van der Waals surface area contributed by atoms with Crippen molar-refractivity contribution in [1.29, 1.82) is 0 Å². The van der Waals surface area contributed by atoms with Crippen molar-refractivity contribution in [3.05, 3.63) is 48.7 Å². The molecule has 1 saturated carbocycles. The van der Waals surface area contributed by atoms with Crippen molar-refractivity contribution in [3.8, 4) is 23.0 Å². The van der Waals surface area contributed by atoms with Crippen molar-refractivity contribution in [3.63, 3.8) is 0 Å². The Morgan fingerprint density at radius 2 is 2.04 bits per heavy atom. The molecule has 0 saturated heterocycles. The minimum atomic E-state index is -1.00. The molecule has 1 aliphatic rings. The van der Waals surface area contributed by atoms with Crippen LogP contribution in [0.4, 0.5) is 4.79 Å². The molecular formula is C19H20N6O3. The Hall–Kier alpha value is -3.49. The smallest absolute Gasteiger partial charge is 0.404 e. The summed E-state index contributed by atoms with van der Waals surface area (Å²) in [5, 5.41) is 20.2. The van der Waals surface area contributed by atoms with E-state index in [0.29, 0.717) is 36.7 Å². The molecule has 0 spiro atoms. The van der Waals surface area contributed by atoms with Crippen LogP contribution in [0, 0.1) is 0 Å². The number of rotatable bonds is 6. The molecular weight excluding hydrogens is 360 g/mol. The van der Waals surface area contributed by atoms with Gasteiger partial charge < -0.3 is 15.2 Å². The van der Waals surface area contributed by atoms with E-state index in [0.717, 1.165) is 11.5 Å². The molecule has 2 N–H and O–H groups in total. The fourth-order valence-electron chi connectivity index (χ4n) is 3.36. The molecule has 144 valence electrons. The van der Waals surface area contributed by atoms with Crippen LogP contribution >= 0.6 is 0 Å². The lowest BCUT2D eigenvalue weighted by atomic mass is 9.79. The van der Waals surface area contributed by atoms with Crippen LogP contribution in [0.2, 0.25) is 0 Å². The summed E-state index contributed by atoms with van der Waals surface area (Å²) in [4.78, 5) is 19.4. The van der Waals surface area contributed by atoms with E-state index in [-0.39, 0.29) is 12.0 Å². The predicted octanol–water partition coefficient (Wildman–Crippen LogP) is 2.64. The lowest BCUT2D eigenvalue weighted by molar-refractivity contribution is 0.176. The number of nitrogens with zero attached hydrogens (tertiary/aromatic N) is 5. The molecule has 3 aromatic rings. The van der Waals surface area contributed by atoms with Crippen molar-refractivity contribution in [2.45, 2.75) is 31.7 Å². The van der Waals surface area contributed by atoms with Crippen molar-refractivity contribution in [1.82, 2.24) is 30.0 Å². The maximum Gasteiger partial charge on any atom is 0.404 e. The molecule has 1 aliphatic carbocycles. The van der Waals surface area contributed by atoms with E-state index in [9.17, 15) is 4.79 Å². The second-order valence-corrected chi connectivity index (χ2v) is 6.55. The summed E-state index contributed by atoms with van der Waals surface area (Å²) >= 11 is 0. The number of nitrogens with one attached hydrogen (secondary N) is 1. The minimum Gasteiger partial charge on any atom is -0.492 e. The van der Waals surface area contributed by atoms with Crippen LogP contribution in [0.15, 0.2) is 42.9 Å². The molecule has 0 aromatic carbocycles. The van der Waals surface area contributed by atoms with Gasteiger partial charge in [-0.1, -0.05) is 0 Å². The average molecular weight is 380 g/mol. The largest absolute Gasteiger partial charge is 0.492 e. The molecule has 0 aliphatic heterocycles. The number of carboxylic acid groups (broad SMARTS) is 1. The third-order valence-corrected chi connectivity index (χ3v) is 4.72. The van der Waals surface area contributed by atoms with Gasteiger partial charge in [0.25, 0.3) is 0 Å². The zero-order chi connectivity index (χ0) is 19.5. The van der Waals surface area contributed by atoms with Crippen LogP contribution in [0.1, 0.15) is 31.5 Å². The molecule has 3 heterocycles. The topological polar surface area (TPSA) is 115 Å². The first-order chi connectivity index (χ1) is 13.7. The van der Waals surface area contributed by atoms with Crippen LogP contribution in [-0.4, -0.2) is 48.6 Å². The number of amides is 1. The van der Waals surface area contributed by atoms with E-state index >= 15 is 0 Å². The Kier molecular flexibility index (Phi) is 4.88. The van der Waals surface area contributed by atoms with Gasteiger partial charge in [0.05, 0.1) is 18.5 Å². The lowest BCUT2D eigenvalue weighted by Gasteiger charge is -2.34. The van der Waals surface area contributed by atoms with Gasteiger partial charge in [-0.3, -0.25) is 9.55 Å². The highest BCUT2D eigenvalue weighted by Gasteiger charge is 2.36. The zero-order valence-electron chi connectivity index (χ0n) is 15.3. The van der Waals surface area contributed by atoms with Crippen molar-refractivity contribution >= 4 is 6.09 Å². The summed E-state index contributed by atoms with van der Waals surface area (Å²) in [5.74, 6) is 2.23. The number of pyridine rings is 2. The number of hydrogen-bond acceptors (Lipinski definition) is 6. The zero-order valence-corrected chi connectivity index (χ0v) is 15.3. The van der Waals surface area contributed by atoms with Crippen LogP contribution in [0.3, 0.4) is 0 Å². The Labute approximate surface area is 161 Å². The number of carbonyl (C=O) groups is 1. The Bertz CT molecular complexity index is 952. The molecule has 0 radical (unpaired) electrons. The highest BCUT2D eigenvalue weighted by atomic mass is 16.5. The molecule has 3 aromatic heterocycles. The first kappa shape index (κ1) is 17.9. The molecule has 9 heteroatoms. The van der Waals surface area contributed by atoms with E-state index in [1.807, 2.05) is 35.8 Å². The molecule has 0 unspecified atom stereocenters. The highest BCUT2D eigenvalue weighted by Crippen LogP contribution is 2.38. The fourth-order valence-corrected chi connectivity index (χ4v) is 3.36. The van der Waals surface area contributed by atoms with Gasteiger partial charge in [0, 0.05) is 24.4 Å². The molecule has 28 heavy (non-hydrogen) atoms. The van der Waals surface area contributed by atoms with Gasteiger partial charge in [0.2, 0.25) is 0 Å². The Morgan fingerprint density at radius 1 is 1.25 bits per heavy atom. The second kappa shape index (κ2) is 7.63. The lowest BCUT2D eigenvalue weighted by Crippen LogP contribution is -2.43. The molecule has 0 bridgehead atoms. The summed E-state index contributed by atoms with van der Waals surface area (Å²) in [6.45, 7) is 2.50. The van der Waals surface area contributed by atoms with Crippen LogP contribution in [-0.2, 0) is 0 Å². The molecule has 4 rings (SSSR count). The van der Waals surface area contributed by atoms with Gasteiger partial charge in [-0.2, -0.15) is 0 Å². The SMILES string of the molecule is CCOc1ccc(-c2nnc(C3CC(NC(=O)O)C3)n2-c2ccncc2)nc1. The second-order valence-electron chi connectivity index (χ2n) is 6.55. The van der Waals surface area contributed by atoms with E-state index in [4.69, 9.17) is 9.84 Å². The molecule has 1 amide bonds. The number of aromatic nitrogens is 5. The number of ether oxygens (including phenoxy) is 1. The summed E-state index contributed by atoms with van der Waals surface area (Å²) in [7, 11) is 0. The van der Waals surface area contributed by atoms with Gasteiger partial charge in [0.1, 0.15) is 17.3 Å². The van der Waals surface area contributed by atoms with E-state index in [1.165, 1.54) is 0 Å². The normalized spacial score (nSPS) is 18.3. The molecule has 1 fully saturated rings. The van der Waals surface area contributed by atoms with E-state index in [2.05, 4.69) is 25.5 Å². The average Bonchev–Trinajstić information content (AvgIpc) is 3.10. The maximum absolute atomic E-state index is 10.8. The monoisotopic (exact) mass is 380 g/mol. The fraction of sp³-hybridized carbons (Fsp3) is 0.316. The first-order valence-electron chi connectivity index (χ1n) is 9.10. The summed E-state index contributed by atoms with van der Waals surface area (Å²) < 4.78 is 7.42. The highest BCUT2D eigenvalue weighted by molar-refractivity contribution is 5.65. The predicted molar refractivity (Wildman–Crippen MR) is 100 cm³/mol. The van der Waals surface area contributed by atoms with Gasteiger partial charge in [0.15, 0.2) is 5.82 Å². The quantitative estimate of drug-likeness (QED) is 0.675. The third-order valence-electron chi connectivity index (χ3n) is 4.72. The van der Waals surface area contributed by atoms with Crippen molar-refractivity contribution in [2.24, 2.45) is 0 Å².